The lowest BCUT2D eigenvalue weighted by Gasteiger charge is -2.26. The van der Waals surface area contributed by atoms with Crippen LogP contribution in [0.3, 0.4) is 0 Å². The molecule has 0 bridgehead atoms. The molecule has 2 aromatic rings. The third kappa shape index (κ3) is 8.06. The van der Waals surface area contributed by atoms with Gasteiger partial charge in [0.2, 0.25) is 0 Å². The van der Waals surface area contributed by atoms with Gasteiger partial charge >= 0.3 is 11.2 Å². The Hall–Kier alpha value is -1.69. The van der Waals surface area contributed by atoms with Crippen molar-refractivity contribution >= 4 is 11.8 Å². The van der Waals surface area contributed by atoms with Gasteiger partial charge in [0.1, 0.15) is 5.75 Å². The Kier molecular flexibility index (Phi) is 10.2. The molecule has 0 aliphatic heterocycles. The fourth-order valence-electron chi connectivity index (χ4n) is 3.09. The zero-order valence-electron chi connectivity index (χ0n) is 18.3. The van der Waals surface area contributed by atoms with E-state index in [4.69, 9.17) is 4.74 Å². The fraction of sp³-hybridized carbons (Fsp3) is 0.520. The number of hydrogen-bond acceptors (Lipinski definition) is 2. The van der Waals surface area contributed by atoms with Crippen molar-refractivity contribution in [1.82, 2.24) is 0 Å². The summed E-state index contributed by atoms with van der Waals surface area (Å²) < 4.78 is 62.0. The van der Waals surface area contributed by atoms with Gasteiger partial charge in [-0.05, 0) is 47.4 Å². The molecule has 0 aromatic heterocycles. The van der Waals surface area contributed by atoms with Gasteiger partial charge in [0.15, 0.2) is 0 Å². The van der Waals surface area contributed by atoms with E-state index >= 15 is 0 Å². The number of rotatable bonds is 14. The zero-order valence-corrected chi connectivity index (χ0v) is 19.1. The normalized spacial score (nSPS) is 12.2. The standard InChI is InChI=1S/C25H32F4OS/c1-3-5-7-8-17-30-23-15-13-22(14-16-23)21-11-9-20(10-12-21)19-24(26,27)25(28,29)31-18-6-4-2/h9-16H,3-8,17-19H2,1-2H3. The van der Waals surface area contributed by atoms with Crippen molar-refractivity contribution < 1.29 is 22.3 Å². The Labute approximate surface area is 187 Å². The summed E-state index contributed by atoms with van der Waals surface area (Å²) in [5.74, 6) is -3.28. The predicted octanol–water partition coefficient (Wildman–Crippen LogP) is 8.62. The number of benzene rings is 2. The summed E-state index contributed by atoms with van der Waals surface area (Å²) in [5, 5.41) is -4.08. The lowest BCUT2D eigenvalue weighted by molar-refractivity contribution is -0.150. The first-order chi connectivity index (χ1) is 14.8. The molecular formula is C25H32F4OS. The van der Waals surface area contributed by atoms with Crippen molar-refractivity contribution in [1.29, 1.82) is 0 Å². The van der Waals surface area contributed by atoms with Crippen molar-refractivity contribution in [2.45, 2.75) is 70.0 Å². The summed E-state index contributed by atoms with van der Waals surface area (Å²) in [6.45, 7) is 4.69. The molecule has 1 nitrogen and oxygen atoms in total. The Morgan fingerprint density at radius 2 is 1.32 bits per heavy atom. The van der Waals surface area contributed by atoms with Gasteiger partial charge in [-0.1, -0.05) is 87.7 Å². The SMILES string of the molecule is CCCCCCOc1ccc(-c2ccc(CC(F)(F)C(F)(F)SCCCC)cc2)cc1. The highest BCUT2D eigenvalue weighted by molar-refractivity contribution is 8.00. The van der Waals surface area contributed by atoms with Crippen LogP contribution in [0.1, 0.15) is 57.9 Å². The summed E-state index contributed by atoms with van der Waals surface area (Å²) in [4.78, 5) is 0. The molecule has 0 aliphatic carbocycles. The highest BCUT2D eigenvalue weighted by Gasteiger charge is 2.56. The third-order valence-electron chi connectivity index (χ3n) is 5.04. The van der Waals surface area contributed by atoms with Crippen LogP contribution in [-0.4, -0.2) is 23.5 Å². The average molecular weight is 457 g/mol. The summed E-state index contributed by atoms with van der Waals surface area (Å²) in [6.07, 6.45) is 4.78. The van der Waals surface area contributed by atoms with Crippen molar-refractivity contribution in [3.63, 3.8) is 0 Å². The first-order valence-electron chi connectivity index (χ1n) is 11.0. The molecule has 31 heavy (non-hydrogen) atoms. The van der Waals surface area contributed by atoms with Gasteiger partial charge in [0.25, 0.3) is 0 Å². The molecular weight excluding hydrogens is 424 g/mol. The predicted molar refractivity (Wildman–Crippen MR) is 122 cm³/mol. The molecule has 0 atom stereocenters. The number of halogens is 4. The molecule has 0 aliphatic rings. The van der Waals surface area contributed by atoms with E-state index in [1.165, 1.54) is 25.0 Å². The number of unbranched alkanes of at least 4 members (excludes halogenated alkanes) is 4. The highest BCUT2D eigenvalue weighted by Crippen LogP contribution is 2.45. The number of thioether (sulfide) groups is 1. The minimum absolute atomic E-state index is 0.0243. The largest absolute Gasteiger partial charge is 0.494 e. The lowest BCUT2D eigenvalue weighted by Crippen LogP contribution is -2.39. The average Bonchev–Trinajstić information content (AvgIpc) is 2.74. The molecule has 172 valence electrons. The molecule has 2 aromatic carbocycles. The van der Waals surface area contributed by atoms with Crippen molar-refractivity contribution in [2.75, 3.05) is 12.4 Å². The van der Waals surface area contributed by atoms with E-state index in [9.17, 15) is 17.6 Å². The third-order valence-corrected chi connectivity index (χ3v) is 6.20. The molecule has 0 saturated carbocycles. The molecule has 0 spiro atoms. The maximum absolute atomic E-state index is 14.2. The van der Waals surface area contributed by atoms with Gasteiger partial charge in [-0.3, -0.25) is 0 Å². The summed E-state index contributed by atoms with van der Waals surface area (Å²) >= 11 is 0.0448. The molecule has 6 heteroatoms. The van der Waals surface area contributed by atoms with Crippen LogP contribution in [0, 0.1) is 0 Å². The van der Waals surface area contributed by atoms with Crippen molar-refractivity contribution in [2.24, 2.45) is 0 Å². The molecule has 0 fully saturated rings. The zero-order chi connectivity index (χ0) is 22.7. The van der Waals surface area contributed by atoms with Crippen LogP contribution in [0.5, 0.6) is 5.75 Å². The molecule has 0 radical (unpaired) electrons. The maximum Gasteiger partial charge on any atom is 0.356 e. The first kappa shape index (κ1) is 25.6. The monoisotopic (exact) mass is 456 g/mol. The quantitative estimate of drug-likeness (QED) is 0.208. The second-order valence-corrected chi connectivity index (χ2v) is 8.94. The number of hydrogen-bond donors (Lipinski definition) is 0. The van der Waals surface area contributed by atoms with Crippen LogP contribution in [0.4, 0.5) is 17.6 Å². The minimum Gasteiger partial charge on any atom is -0.494 e. The van der Waals surface area contributed by atoms with Crippen LogP contribution in [0.15, 0.2) is 48.5 Å². The fourth-order valence-corrected chi connectivity index (χ4v) is 4.06. The van der Waals surface area contributed by atoms with Gasteiger partial charge < -0.3 is 4.74 Å². The Bertz CT molecular complexity index is 760. The highest BCUT2D eigenvalue weighted by atomic mass is 32.2. The molecule has 0 saturated heterocycles. The van der Waals surface area contributed by atoms with E-state index in [1.54, 1.807) is 12.1 Å². The first-order valence-corrected chi connectivity index (χ1v) is 12.0. The van der Waals surface area contributed by atoms with Gasteiger partial charge in [0.05, 0.1) is 6.61 Å². The Balaban J connectivity index is 1.93. The van der Waals surface area contributed by atoms with Gasteiger partial charge in [-0.2, -0.15) is 17.6 Å². The summed E-state index contributed by atoms with van der Waals surface area (Å²) in [6, 6.07) is 13.9. The molecule has 0 N–H and O–H groups in total. The minimum atomic E-state index is -4.09. The number of ether oxygens (including phenoxy) is 1. The van der Waals surface area contributed by atoms with E-state index in [-0.39, 0.29) is 23.1 Å². The summed E-state index contributed by atoms with van der Waals surface area (Å²) in [7, 11) is 0. The van der Waals surface area contributed by atoms with E-state index in [0.29, 0.717) is 19.4 Å². The second-order valence-electron chi connectivity index (χ2n) is 7.73. The topological polar surface area (TPSA) is 9.23 Å². The van der Waals surface area contributed by atoms with E-state index < -0.39 is 17.6 Å². The summed E-state index contributed by atoms with van der Waals surface area (Å²) in [5.41, 5.74) is 1.94. The van der Waals surface area contributed by atoms with Crippen molar-refractivity contribution in [3.05, 3.63) is 54.1 Å². The molecule has 2 rings (SSSR count). The van der Waals surface area contributed by atoms with Crippen LogP contribution >= 0.6 is 11.8 Å². The van der Waals surface area contributed by atoms with Crippen LogP contribution in [-0.2, 0) is 6.42 Å². The van der Waals surface area contributed by atoms with Crippen LogP contribution in [0.2, 0.25) is 0 Å². The van der Waals surface area contributed by atoms with Gasteiger partial charge in [-0.15, -0.1) is 0 Å². The second kappa shape index (κ2) is 12.4. The molecule has 0 heterocycles. The Morgan fingerprint density at radius 1 is 0.742 bits per heavy atom. The molecule has 0 amide bonds. The van der Waals surface area contributed by atoms with E-state index in [0.717, 1.165) is 29.7 Å². The maximum atomic E-state index is 14.2. The Morgan fingerprint density at radius 3 is 1.90 bits per heavy atom. The van der Waals surface area contributed by atoms with Crippen LogP contribution < -0.4 is 4.74 Å². The lowest BCUT2D eigenvalue weighted by atomic mass is 10.0. The number of alkyl halides is 4. The van der Waals surface area contributed by atoms with E-state index in [1.807, 2.05) is 31.2 Å². The van der Waals surface area contributed by atoms with Gasteiger partial charge in [0, 0.05) is 6.42 Å². The van der Waals surface area contributed by atoms with Crippen molar-refractivity contribution in [3.8, 4) is 16.9 Å². The smallest absolute Gasteiger partial charge is 0.356 e. The van der Waals surface area contributed by atoms with Crippen LogP contribution in [0.25, 0.3) is 11.1 Å². The van der Waals surface area contributed by atoms with E-state index in [2.05, 4.69) is 6.92 Å². The molecule has 0 unspecified atom stereocenters. The van der Waals surface area contributed by atoms with Gasteiger partial charge in [-0.25, -0.2) is 0 Å².